The van der Waals surface area contributed by atoms with Crippen molar-refractivity contribution in [2.45, 2.75) is 19.8 Å². The summed E-state index contributed by atoms with van der Waals surface area (Å²) in [6, 6.07) is 8.15. The van der Waals surface area contributed by atoms with Gasteiger partial charge < -0.3 is 9.64 Å². The van der Waals surface area contributed by atoms with Gasteiger partial charge in [0, 0.05) is 12.7 Å². The van der Waals surface area contributed by atoms with E-state index in [1.54, 1.807) is 7.11 Å². The maximum atomic E-state index is 8.66. The third-order valence-corrected chi connectivity index (χ3v) is 2.58. The van der Waals surface area contributed by atoms with Crippen LogP contribution in [0.25, 0.3) is 0 Å². The van der Waals surface area contributed by atoms with Crippen LogP contribution in [-0.4, -0.2) is 20.7 Å². The van der Waals surface area contributed by atoms with Crippen molar-refractivity contribution in [3.05, 3.63) is 23.8 Å². The zero-order valence-corrected chi connectivity index (χ0v) is 10.3. The molecular formula is C13H18N2O. The first-order valence-corrected chi connectivity index (χ1v) is 5.36. The van der Waals surface area contributed by atoms with Crippen LogP contribution in [0.3, 0.4) is 0 Å². The number of ether oxygens (including phenoxy) is 1. The quantitative estimate of drug-likeness (QED) is 0.729. The molecule has 0 unspecified atom stereocenters. The van der Waals surface area contributed by atoms with Gasteiger partial charge in [-0.2, -0.15) is 5.26 Å². The van der Waals surface area contributed by atoms with Crippen molar-refractivity contribution < 1.29 is 4.74 Å². The fourth-order valence-electron chi connectivity index (χ4n) is 1.61. The number of nitriles is 1. The summed E-state index contributed by atoms with van der Waals surface area (Å²) in [4.78, 5) is 1.92. The SMILES string of the molecule is COc1ccc(N(C)CC#N)cc1C(C)C. The monoisotopic (exact) mass is 218 g/mol. The van der Waals surface area contributed by atoms with Crippen molar-refractivity contribution in [1.29, 1.82) is 5.26 Å². The van der Waals surface area contributed by atoms with Crippen LogP contribution in [0.1, 0.15) is 25.3 Å². The molecule has 0 aliphatic carbocycles. The summed E-state index contributed by atoms with van der Waals surface area (Å²) in [6.07, 6.45) is 0. The lowest BCUT2D eigenvalue weighted by Crippen LogP contribution is -2.17. The maximum absolute atomic E-state index is 8.66. The molecule has 0 amide bonds. The van der Waals surface area contributed by atoms with Crippen LogP contribution < -0.4 is 9.64 Å². The van der Waals surface area contributed by atoms with Crippen molar-refractivity contribution in [2.24, 2.45) is 0 Å². The largest absolute Gasteiger partial charge is 0.496 e. The molecule has 0 heterocycles. The van der Waals surface area contributed by atoms with Gasteiger partial charge in [-0.1, -0.05) is 13.8 Å². The highest BCUT2D eigenvalue weighted by atomic mass is 16.5. The highest BCUT2D eigenvalue weighted by Gasteiger charge is 2.09. The second kappa shape index (κ2) is 5.41. The molecule has 0 N–H and O–H groups in total. The maximum Gasteiger partial charge on any atom is 0.122 e. The van der Waals surface area contributed by atoms with Crippen LogP contribution in [-0.2, 0) is 0 Å². The van der Waals surface area contributed by atoms with Crippen molar-refractivity contribution in [3.63, 3.8) is 0 Å². The lowest BCUT2D eigenvalue weighted by Gasteiger charge is -2.19. The predicted molar refractivity (Wildman–Crippen MR) is 66.0 cm³/mol. The minimum absolute atomic E-state index is 0.393. The zero-order valence-electron chi connectivity index (χ0n) is 10.3. The van der Waals surface area contributed by atoms with Crippen molar-refractivity contribution in [1.82, 2.24) is 0 Å². The summed E-state index contributed by atoms with van der Waals surface area (Å²) in [6.45, 7) is 4.65. The first-order chi connectivity index (χ1) is 7.60. The smallest absolute Gasteiger partial charge is 0.122 e. The summed E-state index contributed by atoms with van der Waals surface area (Å²) in [5.41, 5.74) is 2.22. The van der Waals surface area contributed by atoms with Gasteiger partial charge in [0.2, 0.25) is 0 Å². The fraction of sp³-hybridized carbons (Fsp3) is 0.462. The standard InChI is InChI=1S/C13H18N2O/c1-10(2)12-9-11(15(3)8-7-14)5-6-13(12)16-4/h5-6,9-10H,8H2,1-4H3. The molecule has 1 aromatic rings. The average molecular weight is 218 g/mol. The van der Waals surface area contributed by atoms with Crippen LogP contribution in [0.5, 0.6) is 5.75 Å². The molecule has 0 atom stereocenters. The molecule has 0 fully saturated rings. The Bertz CT molecular complexity index is 393. The lowest BCUT2D eigenvalue weighted by molar-refractivity contribution is 0.407. The summed E-state index contributed by atoms with van der Waals surface area (Å²) >= 11 is 0. The third kappa shape index (κ3) is 2.66. The van der Waals surface area contributed by atoms with E-state index in [0.717, 1.165) is 11.4 Å². The lowest BCUT2D eigenvalue weighted by atomic mass is 10.0. The Hall–Kier alpha value is -1.69. The molecular weight excluding hydrogens is 200 g/mol. The normalized spacial score (nSPS) is 10.0. The Kier molecular flexibility index (Phi) is 4.19. The molecule has 1 rings (SSSR count). The second-order valence-corrected chi connectivity index (χ2v) is 4.10. The van der Waals surface area contributed by atoms with E-state index in [1.807, 2.05) is 24.1 Å². The van der Waals surface area contributed by atoms with Gasteiger partial charge in [-0.3, -0.25) is 0 Å². The number of anilines is 1. The summed E-state index contributed by atoms with van der Waals surface area (Å²) in [7, 11) is 3.59. The third-order valence-electron chi connectivity index (χ3n) is 2.58. The van der Waals surface area contributed by atoms with E-state index in [1.165, 1.54) is 5.56 Å². The Balaban J connectivity index is 3.07. The molecule has 0 radical (unpaired) electrons. The van der Waals surface area contributed by atoms with E-state index >= 15 is 0 Å². The van der Waals surface area contributed by atoms with Crippen LogP contribution >= 0.6 is 0 Å². The summed E-state index contributed by atoms with van der Waals surface area (Å²) in [5.74, 6) is 1.31. The molecule has 3 heteroatoms. The average Bonchev–Trinajstić information content (AvgIpc) is 2.28. The van der Waals surface area contributed by atoms with Crippen LogP contribution in [0.4, 0.5) is 5.69 Å². The fourth-order valence-corrected chi connectivity index (χ4v) is 1.61. The van der Waals surface area contributed by atoms with E-state index in [0.29, 0.717) is 12.5 Å². The Morgan fingerprint density at radius 3 is 2.62 bits per heavy atom. The molecule has 1 aromatic carbocycles. The Morgan fingerprint density at radius 2 is 2.12 bits per heavy atom. The highest BCUT2D eigenvalue weighted by Crippen LogP contribution is 2.30. The van der Waals surface area contributed by atoms with Gasteiger partial charge >= 0.3 is 0 Å². The minimum atomic E-state index is 0.393. The van der Waals surface area contributed by atoms with Gasteiger partial charge in [-0.25, -0.2) is 0 Å². The van der Waals surface area contributed by atoms with Gasteiger partial charge in [0.15, 0.2) is 0 Å². The van der Waals surface area contributed by atoms with E-state index in [-0.39, 0.29) is 0 Å². The number of hydrogen-bond acceptors (Lipinski definition) is 3. The van der Waals surface area contributed by atoms with Gasteiger partial charge in [0.1, 0.15) is 12.3 Å². The summed E-state index contributed by atoms with van der Waals surface area (Å²) < 4.78 is 5.32. The van der Waals surface area contributed by atoms with Crippen molar-refractivity contribution in [3.8, 4) is 11.8 Å². The molecule has 16 heavy (non-hydrogen) atoms. The van der Waals surface area contributed by atoms with Crippen LogP contribution in [0.15, 0.2) is 18.2 Å². The number of methoxy groups -OCH3 is 1. The van der Waals surface area contributed by atoms with E-state index in [9.17, 15) is 0 Å². The Morgan fingerprint density at radius 1 is 1.44 bits per heavy atom. The zero-order chi connectivity index (χ0) is 12.1. The molecule has 3 nitrogen and oxygen atoms in total. The van der Waals surface area contributed by atoms with Crippen LogP contribution in [0, 0.1) is 11.3 Å². The van der Waals surface area contributed by atoms with Gasteiger partial charge in [-0.15, -0.1) is 0 Å². The molecule has 0 saturated carbocycles. The van der Waals surface area contributed by atoms with E-state index in [4.69, 9.17) is 10.00 Å². The minimum Gasteiger partial charge on any atom is -0.496 e. The van der Waals surface area contributed by atoms with Gasteiger partial charge in [0.05, 0.1) is 13.2 Å². The number of hydrogen-bond donors (Lipinski definition) is 0. The van der Waals surface area contributed by atoms with Crippen LogP contribution in [0.2, 0.25) is 0 Å². The highest BCUT2D eigenvalue weighted by molar-refractivity contribution is 5.54. The van der Waals surface area contributed by atoms with E-state index < -0.39 is 0 Å². The number of rotatable bonds is 4. The van der Waals surface area contributed by atoms with Gasteiger partial charge in [0.25, 0.3) is 0 Å². The van der Waals surface area contributed by atoms with Crippen molar-refractivity contribution in [2.75, 3.05) is 25.6 Å². The van der Waals surface area contributed by atoms with E-state index in [2.05, 4.69) is 26.0 Å². The molecule has 0 aliphatic rings. The van der Waals surface area contributed by atoms with Gasteiger partial charge in [-0.05, 0) is 29.7 Å². The number of benzene rings is 1. The second-order valence-electron chi connectivity index (χ2n) is 4.10. The number of nitrogens with zero attached hydrogens (tertiary/aromatic N) is 2. The summed E-state index contributed by atoms with van der Waals surface area (Å²) in [5, 5.41) is 8.66. The first kappa shape index (κ1) is 12.4. The Labute approximate surface area is 97.3 Å². The topological polar surface area (TPSA) is 36.3 Å². The molecule has 0 saturated heterocycles. The molecule has 0 bridgehead atoms. The molecule has 86 valence electrons. The van der Waals surface area contributed by atoms with Crippen molar-refractivity contribution >= 4 is 5.69 Å². The molecule has 0 spiro atoms. The predicted octanol–water partition coefficient (Wildman–Crippen LogP) is 2.78. The molecule has 0 aliphatic heterocycles. The molecule has 0 aromatic heterocycles. The first-order valence-electron chi connectivity index (χ1n) is 5.36.